The second-order valence-corrected chi connectivity index (χ2v) is 6.94. The van der Waals surface area contributed by atoms with Crippen molar-refractivity contribution >= 4 is 17.8 Å². The van der Waals surface area contributed by atoms with Crippen LogP contribution in [-0.2, 0) is 16.1 Å². The number of nitrogens with zero attached hydrogens (tertiary/aromatic N) is 2. The summed E-state index contributed by atoms with van der Waals surface area (Å²) in [6, 6.07) is 5.02. The number of likely N-dealkylation sites (N-methyl/N-ethyl adjacent to an activating group) is 1. The topological polar surface area (TPSA) is 100 Å². The second kappa shape index (κ2) is 7.43. The van der Waals surface area contributed by atoms with Gasteiger partial charge in [0.05, 0.1) is 6.54 Å². The fourth-order valence-electron chi connectivity index (χ4n) is 2.98. The lowest BCUT2D eigenvalue weighted by Crippen LogP contribution is -2.50. The van der Waals surface area contributed by atoms with Crippen molar-refractivity contribution in [3.63, 3.8) is 0 Å². The zero-order valence-corrected chi connectivity index (χ0v) is 15.7. The monoisotopic (exact) mass is 376 g/mol. The van der Waals surface area contributed by atoms with Crippen LogP contribution in [0.3, 0.4) is 0 Å². The van der Waals surface area contributed by atoms with Crippen molar-refractivity contribution < 1.29 is 23.9 Å². The van der Waals surface area contributed by atoms with Gasteiger partial charge in [0.25, 0.3) is 11.8 Å². The predicted molar refractivity (Wildman–Crippen MR) is 96.0 cm³/mol. The Balaban J connectivity index is 1.55. The van der Waals surface area contributed by atoms with Crippen LogP contribution in [0, 0.1) is 0 Å². The summed E-state index contributed by atoms with van der Waals surface area (Å²) in [6.07, 6.45) is 0.438. The van der Waals surface area contributed by atoms with Crippen molar-refractivity contribution in [1.29, 1.82) is 0 Å². The molecule has 27 heavy (non-hydrogen) atoms. The molecule has 1 unspecified atom stereocenters. The van der Waals surface area contributed by atoms with E-state index in [4.69, 9.17) is 9.47 Å². The molecule has 4 amide bonds. The maximum Gasteiger partial charge on any atom is 0.344 e. The van der Waals surface area contributed by atoms with E-state index in [1.807, 2.05) is 18.2 Å². The molecule has 2 N–H and O–H groups in total. The number of carbonyl (C=O) groups excluding carboxylic acids is 3. The third-order valence-electron chi connectivity index (χ3n) is 4.68. The quantitative estimate of drug-likeness (QED) is 0.707. The molecule has 9 heteroatoms. The van der Waals surface area contributed by atoms with Crippen molar-refractivity contribution in [3.8, 4) is 11.5 Å². The predicted octanol–water partition coefficient (Wildman–Crippen LogP) is 0.641. The van der Waals surface area contributed by atoms with Gasteiger partial charge < -0.3 is 14.8 Å². The molecule has 3 rings (SSSR count). The highest BCUT2D eigenvalue weighted by Crippen LogP contribution is 2.31. The molecule has 0 aromatic heterocycles. The van der Waals surface area contributed by atoms with Gasteiger partial charge in [-0.3, -0.25) is 19.9 Å². The average Bonchev–Trinajstić information content (AvgIpc) is 2.85. The van der Waals surface area contributed by atoms with E-state index in [2.05, 4.69) is 10.7 Å². The van der Waals surface area contributed by atoms with Crippen molar-refractivity contribution in [2.45, 2.75) is 32.4 Å². The van der Waals surface area contributed by atoms with Crippen LogP contribution in [0.4, 0.5) is 4.79 Å². The van der Waals surface area contributed by atoms with E-state index >= 15 is 0 Å². The first-order chi connectivity index (χ1) is 12.8. The van der Waals surface area contributed by atoms with Crippen molar-refractivity contribution in [2.24, 2.45) is 0 Å². The molecule has 2 heterocycles. The smallest absolute Gasteiger partial charge is 0.344 e. The molecular formula is C18H24N4O5. The van der Waals surface area contributed by atoms with Crippen LogP contribution in [0.1, 0.15) is 25.8 Å². The molecule has 1 fully saturated rings. The summed E-state index contributed by atoms with van der Waals surface area (Å²) in [5.74, 6) is 0.495. The maximum atomic E-state index is 12.3. The lowest BCUT2D eigenvalue weighted by molar-refractivity contribution is -0.139. The number of fused-ring (bicyclic) bond motifs is 1. The van der Waals surface area contributed by atoms with Crippen LogP contribution >= 0.6 is 0 Å². The van der Waals surface area contributed by atoms with Crippen LogP contribution in [-0.4, -0.2) is 60.1 Å². The van der Waals surface area contributed by atoms with Gasteiger partial charge in [0.2, 0.25) is 0 Å². The molecule has 146 valence electrons. The average molecular weight is 376 g/mol. The molecule has 9 nitrogen and oxygen atoms in total. The number of rotatable bonds is 6. The first kappa shape index (κ1) is 19.0. The largest absolute Gasteiger partial charge is 0.486 e. The molecule has 2 aliphatic rings. The summed E-state index contributed by atoms with van der Waals surface area (Å²) in [5.41, 5.74) is 2.36. The molecule has 0 radical (unpaired) electrons. The van der Waals surface area contributed by atoms with E-state index in [1.54, 1.807) is 25.8 Å². The molecule has 1 saturated heterocycles. The third kappa shape index (κ3) is 3.97. The Bertz CT molecular complexity index is 768. The number of carbonyl (C=O) groups is 3. The van der Waals surface area contributed by atoms with E-state index in [0.717, 1.165) is 10.6 Å². The summed E-state index contributed by atoms with van der Waals surface area (Å²) in [5, 5.41) is 3.34. The van der Waals surface area contributed by atoms with Crippen molar-refractivity contribution in [2.75, 3.05) is 26.8 Å². The SMILES string of the molecule is CCC1(C)NC(=O)N(NC(=O)CN(C)Cc2ccc3c(c2)OCCO3)C1=O. The lowest BCUT2D eigenvalue weighted by Gasteiger charge is -2.22. The van der Waals surface area contributed by atoms with Gasteiger partial charge in [-0.05, 0) is 38.1 Å². The molecule has 1 atom stereocenters. The molecule has 2 aliphatic heterocycles. The Morgan fingerprint density at radius 1 is 1.30 bits per heavy atom. The Labute approximate surface area is 157 Å². The van der Waals surface area contributed by atoms with Crippen LogP contribution in [0.2, 0.25) is 0 Å². The summed E-state index contributed by atoms with van der Waals surface area (Å²) in [7, 11) is 1.78. The number of nitrogens with one attached hydrogen (secondary N) is 2. The van der Waals surface area contributed by atoms with Crippen LogP contribution in [0.25, 0.3) is 0 Å². The van der Waals surface area contributed by atoms with E-state index in [0.29, 0.717) is 37.7 Å². The van der Waals surface area contributed by atoms with E-state index in [9.17, 15) is 14.4 Å². The van der Waals surface area contributed by atoms with Gasteiger partial charge in [-0.1, -0.05) is 13.0 Å². The molecule has 0 saturated carbocycles. The molecule has 0 bridgehead atoms. The minimum Gasteiger partial charge on any atom is -0.486 e. The summed E-state index contributed by atoms with van der Waals surface area (Å²) in [4.78, 5) is 38.3. The maximum absolute atomic E-state index is 12.3. The number of amides is 4. The van der Waals surface area contributed by atoms with Crippen LogP contribution in [0.5, 0.6) is 11.5 Å². The van der Waals surface area contributed by atoms with Gasteiger partial charge in [-0.15, -0.1) is 0 Å². The van der Waals surface area contributed by atoms with Gasteiger partial charge >= 0.3 is 6.03 Å². The Morgan fingerprint density at radius 2 is 2.00 bits per heavy atom. The van der Waals surface area contributed by atoms with Crippen LogP contribution < -0.4 is 20.2 Å². The number of urea groups is 1. The van der Waals surface area contributed by atoms with Gasteiger partial charge in [-0.25, -0.2) is 4.79 Å². The van der Waals surface area contributed by atoms with E-state index in [1.165, 1.54) is 0 Å². The van der Waals surface area contributed by atoms with E-state index < -0.39 is 23.4 Å². The standard InChI is InChI=1S/C18H24N4O5/c1-4-18(2)16(24)22(17(25)19-18)20-15(23)11-21(3)10-12-5-6-13-14(9-12)27-8-7-26-13/h5-6,9H,4,7-8,10-11H2,1-3H3,(H,19,25)(H,20,23). The Kier molecular flexibility index (Phi) is 5.22. The first-order valence-electron chi connectivity index (χ1n) is 8.85. The fraction of sp³-hybridized carbons (Fsp3) is 0.500. The number of hydrogen-bond acceptors (Lipinski definition) is 6. The highest BCUT2D eigenvalue weighted by molar-refractivity contribution is 6.07. The number of benzene rings is 1. The summed E-state index contributed by atoms with van der Waals surface area (Å²) in [6.45, 7) is 4.99. The van der Waals surface area contributed by atoms with Crippen LogP contribution in [0.15, 0.2) is 18.2 Å². The number of ether oxygens (including phenoxy) is 2. The molecule has 1 aromatic rings. The molecule has 0 aliphatic carbocycles. The number of hydrazine groups is 1. The van der Waals surface area contributed by atoms with Gasteiger partial charge in [0.15, 0.2) is 11.5 Å². The van der Waals surface area contributed by atoms with Crippen molar-refractivity contribution in [3.05, 3.63) is 23.8 Å². The summed E-state index contributed by atoms with van der Waals surface area (Å²) >= 11 is 0. The van der Waals surface area contributed by atoms with Crippen molar-refractivity contribution in [1.82, 2.24) is 20.7 Å². The lowest BCUT2D eigenvalue weighted by atomic mass is 10.00. The highest BCUT2D eigenvalue weighted by atomic mass is 16.6. The van der Waals surface area contributed by atoms with Gasteiger partial charge in [0, 0.05) is 6.54 Å². The Morgan fingerprint density at radius 3 is 2.67 bits per heavy atom. The second-order valence-electron chi connectivity index (χ2n) is 6.94. The fourth-order valence-corrected chi connectivity index (χ4v) is 2.98. The minimum atomic E-state index is -0.985. The van der Waals surface area contributed by atoms with E-state index in [-0.39, 0.29) is 6.54 Å². The molecule has 0 spiro atoms. The van der Waals surface area contributed by atoms with Gasteiger partial charge in [0.1, 0.15) is 18.8 Å². The highest BCUT2D eigenvalue weighted by Gasteiger charge is 2.47. The number of hydrogen-bond donors (Lipinski definition) is 2. The first-order valence-corrected chi connectivity index (χ1v) is 8.85. The molecular weight excluding hydrogens is 352 g/mol. The van der Waals surface area contributed by atoms with Gasteiger partial charge in [-0.2, -0.15) is 5.01 Å². The number of imide groups is 1. The normalized spacial score (nSPS) is 21.4. The third-order valence-corrected chi connectivity index (χ3v) is 4.68. The minimum absolute atomic E-state index is 0.0222. The Hall–Kier alpha value is -2.81. The zero-order valence-electron chi connectivity index (χ0n) is 15.7. The zero-order chi connectivity index (χ0) is 19.6. The molecule has 1 aromatic carbocycles. The summed E-state index contributed by atoms with van der Waals surface area (Å²) < 4.78 is 11.0.